The molecule has 0 aliphatic carbocycles. The highest BCUT2D eigenvalue weighted by molar-refractivity contribution is 5.92. The summed E-state index contributed by atoms with van der Waals surface area (Å²) in [5.41, 5.74) is 5.31. The van der Waals surface area contributed by atoms with Gasteiger partial charge in [-0.2, -0.15) is 0 Å². The second-order valence-electron chi connectivity index (χ2n) is 4.19. The number of nitro groups is 1. The molecule has 1 amide bonds. The molecule has 88 valence electrons. The van der Waals surface area contributed by atoms with E-state index in [1.165, 1.54) is 12.1 Å². The van der Waals surface area contributed by atoms with Crippen LogP contribution in [0, 0.1) is 10.1 Å². The second kappa shape index (κ2) is 4.31. The first-order chi connectivity index (χ1) is 7.29. The number of nitrogens with two attached hydrogens (primary N) is 1. The fraction of sp³-hybridized carbons (Fsp3) is 0.444. The number of aromatic nitrogens is 1. The van der Waals surface area contributed by atoms with E-state index in [2.05, 4.69) is 10.3 Å². The first-order valence-electron chi connectivity index (χ1n) is 4.70. The van der Waals surface area contributed by atoms with Gasteiger partial charge in [-0.05, 0) is 24.8 Å². The van der Waals surface area contributed by atoms with E-state index in [-0.39, 0.29) is 11.5 Å². The van der Waals surface area contributed by atoms with E-state index < -0.39 is 16.4 Å². The minimum absolute atomic E-state index is 0.149. The normalized spacial score (nSPS) is 11.2. The lowest BCUT2D eigenvalue weighted by atomic mass is 10.1. The topological polar surface area (TPSA) is 114 Å². The van der Waals surface area contributed by atoms with Crippen LogP contribution in [-0.4, -0.2) is 27.9 Å². The van der Waals surface area contributed by atoms with Crippen molar-refractivity contribution < 1.29 is 9.72 Å². The van der Waals surface area contributed by atoms with E-state index in [1.54, 1.807) is 13.8 Å². The average molecular weight is 226 g/mol. The van der Waals surface area contributed by atoms with Gasteiger partial charge in [0.05, 0.1) is 0 Å². The number of hydrogen-bond acceptors (Lipinski definition) is 4. The van der Waals surface area contributed by atoms with Crippen molar-refractivity contribution in [1.29, 1.82) is 0 Å². The van der Waals surface area contributed by atoms with Crippen molar-refractivity contribution in [3.63, 3.8) is 0 Å². The van der Waals surface area contributed by atoms with Crippen molar-refractivity contribution in [2.75, 3.05) is 6.54 Å². The van der Waals surface area contributed by atoms with Crippen molar-refractivity contribution in [3.8, 4) is 0 Å². The summed E-state index contributed by atoms with van der Waals surface area (Å²) in [7, 11) is 0. The Hall–Kier alpha value is -1.89. The van der Waals surface area contributed by atoms with Crippen LogP contribution in [-0.2, 0) is 0 Å². The average Bonchev–Trinajstić information content (AvgIpc) is 2.61. The first kappa shape index (κ1) is 12.2. The van der Waals surface area contributed by atoms with E-state index >= 15 is 0 Å². The van der Waals surface area contributed by atoms with Crippen LogP contribution in [0.3, 0.4) is 0 Å². The van der Waals surface area contributed by atoms with Crippen LogP contribution < -0.4 is 11.1 Å². The van der Waals surface area contributed by atoms with Crippen molar-refractivity contribution in [2.24, 2.45) is 5.73 Å². The highest BCUT2D eigenvalue weighted by atomic mass is 16.6. The molecule has 0 unspecified atom stereocenters. The van der Waals surface area contributed by atoms with Crippen LogP contribution in [0.1, 0.15) is 24.3 Å². The quantitative estimate of drug-likeness (QED) is 0.508. The molecular formula is C9H14N4O3. The molecule has 1 rings (SSSR count). The number of nitrogens with zero attached hydrogens (tertiary/aromatic N) is 1. The maximum Gasteiger partial charge on any atom is 0.321 e. The Bertz CT molecular complexity index is 405. The number of hydrogen-bond donors (Lipinski definition) is 3. The minimum Gasteiger partial charge on any atom is -0.358 e. The smallest absolute Gasteiger partial charge is 0.321 e. The number of rotatable bonds is 4. The van der Waals surface area contributed by atoms with Gasteiger partial charge in [0.1, 0.15) is 0 Å². The molecule has 0 atom stereocenters. The predicted molar refractivity (Wildman–Crippen MR) is 58.0 cm³/mol. The highest BCUT2D eigenvalue weighted by Crippen LogP contribution is 2.09. The molecule has 1 aromatic heterocycles. The fourth-order valence-electron chi connectivity index (χ4n) is 1.03. The van der Waals surface area contributed by atoms with Gasteiger partial charge in [-0.1, -0.05) is 0 Å². The van der Waals surface area contributed by atoms with Gasteiger partial charge in [-0.15, -0.1) is 0 Å². The van der Waals surface area contributed by atoms with Crippen LogP contribution >= 0.6 is 0 Å². The Balaban J connectivity index is 2.63. The Morgan fingerprint density at radius 3 is 2.69 bits per heavy atom. The fourth-order valence-corrected chi connectivity index (χ4v) is 1.03. The molecule has 1 heterocycles. The zero-order valence-corrected chi connectivity index (χ0v) is 9.11. The summed E-state index contributed by atoms with van der Waals surface area (Å²) in [6, 6.07) is 2.60. The molecule has 0 radical (unpaired) electrons. The van der Waals surface area contributed by atoms with E-state index in [9.17, 15) is 14.9 Å². The number of H-pyrrole nitrogens is 1. The Morgan fingerprint density at radius 2 is 2.25 bits per heavy atom. The van der Waals surface area contributed by atoms with Gasteiger partial charge >= 0.3 is 5.82 Å². The highest BCUT2D eigenvalue weighted by Gasteiger charge is 2.17. The summed E-state index contributed by atoms with van der Waals surface area (Å²) in [6.45, 7) is 3.83. The van der Waals surface area contributed by atoms with Crippen molar-refractivity contribution in [1.82, 2.24) is 10.3 Å². The summed E-state index contributed by atoms with van der Waals surface area (Å²) < 4.78 is 0. The van der Waals surface area contributed by atoms with Crippen LogP contribution in [0.4, 0.5) is 5.82 Å². The van der Waals surface area contributed by atoms with Gasteiger partial charge in [0.2, 0.25) is 0 Å². The number of carbonyl (C=O) groups excluding carboxylic acids is 1. The molecule has 0 fully saturated rings. The lowest BCUT2D eigenvalue weighted by Gasteiger charge is -2.18. The second-order valence-corrected chi connectivity index (χ2v) is 4.19. The molecule has 0 aromatic carbocycles. The largest absolute Gasteiger partial charge is 0.358 e. The van der Waals surface area contributed by atoms with Crippen molar-refractivity contribution in [3.05, 3.63) is 27.9 Å². The first-order valence-corrected chi connectivity index (χ1v) is 4.70. The van der Waals surface area contributed by atoms with Gasteiger partial charge in [-0.25, -0.2) is 4.98 Å². The molecule has 0 bridgehead atoms. The molecule has 0 spiro atoms. The molecule has 4 N–H and O–H groups in total. The number of nitrogens with one attached hydrogen (secondary N) is 2. The standard InChI is InChI=1S/C9H14N4O3/c1-9(2,10)5-11-8(14)6-3-4-7(12-6)13(15)16/h3-4,12H,5,10H2,1-2H3,(H,11,14). The van der Waals surface area contributed by atoms with Crippen molar-refractivity contribution >= 4 is 11.7 Å². The third-order valence-corrected chi connectivity index (χ3v) is 1.82. The van der Waals surface area contributed by atoms with E-state index in [1.807, 2.05) is 0 Å². The molecule has 0 saturated carbocycles. The lowest BCUT2D eigenvalue weighted by molar-refractivity contribution is -0.389. The Labute approximate surface area is 92.2 Å². The zero-order chi connectivity index (χ0) is 12.3. The minimum atomic E-state index is -0.594. The van der Waals surface area contributed by atoms with Gasteiger partial charge in [0.25, 0.3) is 5.91 Å². The number of amides is 1. The number of carbonyl (C=O) groups is 1. The Morgan fingerprint density at radius 1 is 1.62 bits per heavy atom. The monoisotopic (exact) mass is 226 g/mol. The molecule has 0 aliphatic rings. The van der Waals surface area contributed by atoms with Crippen molar-refractivity contribution in [2.45, 2.75) is 19.4 Å². The SMILES string of the molecule is CC(C)(N)CNC(=O)c1ccc([N+](=O)[O-])[nH]1. The van der Waals surface area contributed by atoms with Gasteiger partial charge in [-0.3, -0.25) is 4.79 Å². The third kappa shape index (κ3) is 3.35. The maximum atomic E-state index is 11.5. The van der Waals surface area contributed by atoms with Gasteiger partial charge in [0.15, 0.2) is 5.69 Å². The van der Waals surface area contributed by atoms with Crippen LogP contribution in [0.15, 0.2) is 12.1 Å². The zero-order valence-electron chi connectivity index (χ0n) is 9.11. The lowest BCUT2D eigenvalue weighted by Crippen LogP contribution is -2.45. The van der Waals surface area contributed by atoms with Crippen LogP contribution in [0.2, 0.25) is 0 Å². The third-order valence-electron chi connectivity index (χ3n) is 1.82. The molecule has 0 saturated heterocycles. The molecule has 7 heteroatoms. The van der Waals surface area contributed by atoms with E-state index in [4.69, 9.17) is 5.73 Å². The predicted octanol–water partition coefficient (Wildman–Crippen LogP) is 0.390. The number of aromatic amines is 1. The summed E-state index contributed by atoms with van der Waals surface area (Å²) in [4.78, 5) is 23.7. The van der Waals surface area contributed by atoms with Gasteiger partial charge in [0, 0.05) is 18.2 Å². The summed E-state index contributed by atoms with van der Waals surface area (Å²) in [5, 5.41) is 12.9. The van der Waals surface area contributed by atoms with E-state index in [0.717, 1.165) is 0 Å². The summed E-state index contributed by atoms with van der Waals surface area (Å²) in [6.07, 6.45) is 0. The molecular weight excluding hydrogens is 212 g/mol. The Kier molecular flexibility index (Phi) is 3.28. The molecule has 0 aliphatic heterocycles. The molecule has 1 aromatic rings. The van der Waals surface area contributed by atoms with Gasteiger partial charge < -0.3 is 21.2 Å². The van der Waals surface area contributed by atoms with E-state index in [0.29, 0.717) is 6.54 Å². The molecule has 16 heavy (non-hydrogen) atoms. The van der Waals surface area contributed by atoms with Crippen LogP contribution in [0.5, 0.6) is 0 Å². The summed E-state index contributed by atoms with van der Waals surface area (Å²) in [5.74, 6) is -0.621. The summed E-state index contributed by atoms with van der Waals surface area (Å²) >= 11 is 0. The molecule has 7 nitrogen and oxygen atoms in total. The van der Waals surface area contributed by atoms with Crippen LogP contribution in [0.25, 0.3) is 0 Å². The maximum absolute atomic E-state index is 11.5.